The van der Waals surface area contributed by atoms with Crippen LogP contribution in [0.3, 0.4) is 0 Å². The van der Waals surface area contributed by atoms with E-state index >= 15 is 0 Å². The van der Waals surface area contributed by atoms with E-state index in [0.717, 1.165) is 25.3 Å². The van der Waals surface area contributed by atoms with Gasteiger partial charge in [-0.1, -0.05) is 12.1 Å². The Hall–Kier alpha value is -2.59. The Balaban J connectivity index is 0.000000567. The zero-order valence-electron chi connectivity index (χ0n) is 11.9. The van der Waals surface area contributed by atoms with Gasteiger partial charge in [-0.2, -0.15) is 0 Å². The van der Waals surface area contributed by atoms with Crippen LogP contribution in [0.5, 0.6) is 5.75 Å². The highest BCUT2D eigenvalue weighted by molar-refractivity contribution is 6.27. The van der Waals surface area contributed by atoms with Crippen LogP contribution in [-0.4, -0.2) is 54.3 Å². The van der Waals surface area contributed by atoms with Gasteiger partial charge in [0.2, 0.25) is 0 Å². The molecule has 0 radical (unpaired) electrons. The zero-order valence-corrected chi connectivity index (χ0v) is 11.9. The Kier molecular flexibility index (Phi) is 8.97. The average molecular weight is 294 g/mol. The lowest BCUT2D eigenvalue weighted by Crippen LogP contribution is -2.15. The van der Waals surface area contributed by atoms with Gasteiger partial charge in [-0.25, -0.2) is 14.4 Å². The number of rotatable bonds is 5. The number of hydrogen-bond donors (Lipinski definition) is 2. The van der Waals surface area contributed by atoms with Crippen molar-refractivity contribution in [3.8, 4) is 5.75 Å². The Bertz CT molecular complexity index is 479. The third kappa shape index (κ3) is 9.92. The highest BCUT2D eigenvalue weighted by atomic mass is 16.5. The van der Waals surface area contributed by atoms with Gasteiger partial charge >= 0.3 is 11.9 Å². The van der Waals surface area contributed by atoms with E-state index in [4.69, 9.17) is 31.1 Å². The molecule has 1 rings (SSSR count). The predicted octanol–water partition coefficient (Wildman–Crippen LogP) is 1.72. The maximum absolute atomic E-state index is 9.10. The number of carbonyl (C=O) groups is 2. The molecule has 0 heterocycles. The van der Waals surface area contributed by atoms with E-state index in [-0.39, 0.29) is 0 Å². The normalized spacial score (nSPS) is 9.24. The van der Waals surface area contributed by atoms with Crippen LogP contribution in [0, 0.1) is 6.57 Å². The van der Waals surface area contributed by atoms with Crippen molar-refractivity contribution in [3.63, 3.8) is 0 Å². The number of ether oxygens (including phenoxy) is 1. The second-order valence-electron chi connectivity index (χ2n) is 4.22. The summed E-state index contributed by atoms with van der Waals surface area (Å²) in [6.45, 7) is 8.55. The minimum atomic E-state index is -1.82. The SMILES string of the molecule is O=C(O)C(=O)O.[C-]#[N+]c1ccc(OCCCN(C)C)cc1. The molecule has 0 aliphatic carbocycles. The first-order valence-corrected chi connectivity index (χ1v) is 6.08. The molecule has 7 heteroatoms. The molecule has 114 valence electrons. The number of nitrogens with zero attached hydrogens (tertiary/aromatic N) is 2. The summed E-state index contributed by atoms with van der Waals surface area (Å²) in [4.78, 5) is 23.6. The van der Waals surface area contributed by atoms with E-state index in [1.54, 1.807) is 12.1 Å². The smallest absolute Gasteiger partial charge is 0.414 e. The van der Waals surface area contributed by atoms with Gasteiger partial charge < -0.3 is 19.8 Å². The summed E-state index contributed by atoms with van der Waals surface area (Å²) in [6.07, 6.45) is 1.01. The third-order valence-corrected chi connectivity index (χ3v) is 2.17. The summed E-state index contributed by atoms with van der Waals surface area (Å²) in [6, 6.07) is 7.22. The second kappa shape index (κ2) is 10.2. The van der Waals surface area contributed by atoms with Crippen LogP contribution in [0.1, 0.15) is 6.42 Å². The molecule has 7 nitrogen and oxygen atoms in total. The lowest BCUT2D eigenvalue weighted by atomic mass is 10.3. The highest BCUT2D eigenvalue weighted by Gasteiger charge is 2.04. The zero-order chi connectivity index (χ0) is 16.3. The first-order chi connectivity index (χ1) is 9.86. The van der Waals surface area contributed by atoms with Crippen molar-refractivity contribution in [2.24, 2.45) is 0 Å². The van der Waals surface area contributed by atoms with Gasteiger partial charge in [0, 0.05) is 6.54 Å². The monoisotopic (exact) mass is 294 g/mol. The summed E-state index contributed by atoms with van der Waals surface area (Å²) in [5.41, 5.74) is 0.649. The van der Waals surface area contributed by atoms with Crippen molar-refractivity contribution in [2.75, 3.05) is 27.2 Å². The number of aliphatic carboxylic acids is 2. The molecule has 0 spiro atoms. The molecular weight excluding hydrogens is 276 g/mol. The van der Waals surface area contributed by atoms with E-state index < -0.39 is 11.9 Å². The standard InChI is InChI=1S/C12H16N2O.C2H2O4/c1-13-11-5-7-12(8-6-11)15-10-4-9-14(2)3;3-1(4)2(5)6/h5-8H,4,9-10H2,2-3H3;(H,3,4)(H,5,6). The third-order valence-electron chi connectivity index (χ3n) is 2.17. The minimum absolute atomic E-state index is 0.649. The Morgan fingerprint density at radius 2 is 1.71 bits per heavy atom. The van der Waals surface area contributed by atoms with Crippen molar-refractivity contribution in [1.29, 1.82) is 0 Å². The molecule has 0 aliphatic rings. The number of carboxylic acid groups (broad SMARTS) is 2. The van der Waals surface area contributed by atoms with E-state index in [9.17, 15) is 0 Å². The quantitative estimate of drug-likeness (QED) is 0.488. The topological polar surface area (TPSA) is 91.4 Å². The molecule has 0 fully saturated rings. The summed E-state index contributed by atoms with van der Waals surface area (Å²) < 4.78 is 5.53. The highest BCUT2D eigenvalue weighted by Crippen LogP contribution is 2.17. The molecule has 0 atom stereocenters. The maximum atomic E-state index is 9.10. The molecule has 1 aromatic rings. The van der Waals surface area contributed by atoms with Gasteiger partial charge in [-0.3, -0.25) is 0 Å². The molecule has 0 saturated heterocycles. The van der Waals surface area contributed by atoms with Crippen LogP contribution in [0.15, 0.2) is 24.3 Å². The predicted molar refractivity (Wildman–Crippen MR) is 76.6 cm³/mol. The van der Waals surface area contributed by atoms with Gasteiger partial charge in [0.1, 0.15) is 5.75 Å². The lowest BCUT2D eigenvalue weighted by Gasteiger charge is -2.10. The van der Waals surface area contributed by atoms with E-state index in [1.165, 1.54) is 0 Å². The van der Waals surface area contributed by atoms with Gasteiger partial charge in [-0.05, 0) is 32.6 Å². The average Bonchev–Trinajstić information content (AvgIpc) is 2.44. The van der Waals surface area contributed by atoms with Crippen LogP contribution in [0.2, 0.25) is 0 Å². The summed E-state index contributed by atoms with van der Waals surface area (Å²) in [7, 11) is 4.09. The van der Waals surface area contributed by atoms with Crippen LogP contribution in [-0.2, 0) is 9.59 Å². The van der Waals surface area contributed by atoms with E-state index in [2.05, 4.69) is 9.74 Å². The van der Waals surface area contributed by atoms with Gasteiger partial charge in [-0.15, -0.1) is 0 Å². The van der Waals surface area contributed by atoms with Gasteiger partial charge in [0.15, 0.2) is 5.69 Å². The lowest BCUT2D eigenvalue weighted by molar-refractivity contribution is -0.159. The minimum Gasteiger partial charge on any atom is -0.494 e. The Labute approximate surface area is 123 Å². The molecule has 21 heavy (non-hydrogen) atoms. The van der Waals surface area contributed by atoms with Gasteiger partial charge in [0.25, 0.3) is 0 Å². The fourth-order valence-electron chi connectivity index (χ4n) is 1.19. The van der Waals surface area contributed by atoms with Crippen molar-refractivity contribution in [2.45, 2.75) is 6.42 Å². The largest absolute Gasteiger partial charge is 0.494 e. The molecule has 2 N–H and O–H groups in total. The van der Waals surface area contributed by atoms with Gasteiger partial charge in [0.05, 0.1) is 13.2 Å². The summed E-state index contributed by atoms with van der Waals surface area (Å²) >= 11 is 0. The molecule has 0 bridgehead atoms. The van der Waals surface area contributed by atoms with Crippen LogP contribution in [0.4, 0.5) is 5.69 Å². The molecule has 0 saturated carbocycles. The molecule has 1 aromatic carbocycles. The fourth-order valence-corrected chi connectivity index (χ4v) is 1.19. The van der Waals surface area contributed by atoms with Crippen LogP contribution in [0.25, 0.3) is 4.85 Å². The van der Waals surface area contributed by atoms with Crippen molar-refractivity contribution in [3.05, 3.63) is 35.7 Å². The van der Waals surface area contributed by atoms with Crippen molar-refractivity contribution in [1.82, 2.24) is 4.90 Å². The molecule has 0 unspecified atom stereocenters. The summed E-state index contributed by atoms with van der Waals surface area (Å²) in [5.74, 6) is -2.81. The van der Waals surface area contributed by atoms with Crippen molar-refractivity contribution < 1.29 is 24.5 Å². The molecule has 0 amide bonds. The van der Waals surface area contributed by atoms with Crippen molar-refractivity contribution >= 4 is 17.6 Å². The number of hydrogen-bond acceptors (Lipinski definition) is 4. The first-order valence-electron chi connectivity index (χ1n) is 6.08. The van der Waals surface area contributed by atoms with Crippen LogP contribution < -0.4 is 4.74 Å². The Morgan fingerprint density at radius 3 is 2.10 bits per heavy atom. The molecule has 0 aromatic heterocycles. The van der Waals surface area contributed by atoms with E-state index in [0.29, 0.717) is 5.69 Å². The number of benzene rings is 1. The second-order valence-corrected chi connectivity index (χ2v) is 4.22. The number of carboxylic acids is 2. The van der Waals surface area contributed by atoms with Crippen LogP contribution >= 0.6 is 0 Å². The maximum Gasteiger partial charge on any atom is 0.414 e. The Morgan fingerprint density at radius 1 is 1.19 bits per heavy atom. The molecular formula is C14H18N2O5. The first kappa shape index (κ1) is 18.4. The van der Waals surface area contributed by atoms with E-state index in [1.807, 2.05) is 26.2 Å². The molecule has 0 aliphatic heterocycles. The summed E-state index contributed by atoms with van der Waals surface area (Å²) in [5, 5.41) is 14.8. The fraction of sp³-hybridized carbons (Fsp3) is 0.357.